The maximum Gasteiger partial charge on any atom is 0.344 e. The molecule has 3 heterocycles. The quantitative estimate of drug-likeness (QED) is 0.376. The van der Waals surface area contributed by atoms with Crippen LogP contribution in [-0.2, 0) is 7.05 Å². The number of rotatable bonds is 4. The van der Waals surface area contributed by atoms with Gasteiger partial charge in [0, 0.05) is 13.1 Å². The van der Waals surface area contributed by atoms with Crippen LogP contribution in [0.25, 0.3) is 21.6 Å². The second-order valence-corrected chi connectivity index (χ2v) is 7.25. The van der Waals surface area contributed by atoms with E-state index < -0.39 is 5.97 Å². The molecular weight excluding hydrogens is 388 g/mol. The van der Waals surface area contributed by atoms with E-state index in [9.17, 15) is 4.79 Å². The Balaban J connectivity index is 1.83. The summed E-state index contributed by atoms with van der Waals surface area (Å²) >= 11 is 1.54. The zero-order valence-corrected chi connectivity index (χ0v) is 16.8. The molecule has 0 aliphatic rings. The molecule has 7 nitrogen and oxygen atoms in total. The molecule has 4 rings (SSSR count). The van der Waals surface area contributed by atoms with Gasteiger partial charge in [0.2, 0.25) is 0 Å². The van der Waals surface area contributed by atoms with Crippen LogP contribution in [0.4, 0.5) is 0 Å². The van der Waals surface area contributed by atoms with Crippen molar-refractivity contribution in [1.82, 2.24) is 14.8 Å². The van der Waals surface area contributed by atoms with Crippen LogP contribution in [0.1, 0.15) is 21.6 Å². The molecule has 0 amide bonds. The Morgan fingerprint density at radius 2 is 2.07 bits per heavy atom. The molecule has 0 bridgehead atoms. The van der Waals surface area contributed by atoms with Crippen LogP contribution in [0, 0.1) is 18.3 Å². The number of aromatic nitrogens is 3. The summed E-state index contributed by atoms with van der Waals surface area (Å²) in [4.78, 5) is 18.8. The van der Waals surface area contributed by atoms with Crippen LogP contribution >= 0.6 is 11.3 Å². The number of thiophene rings is 1. The van der Waals surface area contributed by atoms with E-state index in [0.717, 1.165) is 4.88 Å². The van der Waals surface area contributed by atoms with E-state index in [4.69, 9.17) is 14.7 Å². The lowest BCUT2D eigenvalue weighted by Crippen LogP contribution is -2.11. The van der Waals surface area contributed by atoms with Gasteiger partial charge in [-0.15, -0.1) is 11.3 Å². The lowest BCUT2D eigenvalue weighted by Gasteiger charge is -2.11. The minimum atomic E-state index is -0.547. The number of hydrogen-bond donors (Lipinski definition) is 0. The predicted molar refractivity (Wildman–Crippen MR) is 109 cm³/mol. The minimum Gasteiger partial charge on any atom is -0.493 e. The van der Waals surface area contributed by atoms with Gasteiger partial charge in [-0.1, -0.05) is 6.07 Å². The molecule has 0 aliphatic carbocycles. The summed E-state index contributed by atoms with van der Waals surface area (Å²) in [6, 6.07) is 12.3. The molecule has 0 fully saturated rings. The number of esters is 1. The van der Waals surface area contributed by atoms with Gasteiger partial charge in [-0.25, -0.2) is 9.78 Å². The van der Waals surface area contributed by atoms with Crippen molar-refractivity contribution in [3.8, 4) is 28.1 Å². The summed E-state index contributed by atoms with van der Waals surface area (Å²) in [6.07, 6.45) is 0. The van der Waals surface area contributed by atoms with Gasteiger partial charge in [-0.2, -0.15) is 10.4 Å². The smallest absolute Gasteiger partial charge is 0.344 e. The van der Waals surface area contributed by atoms with Crippen LogP contribution < -0.4 is 9.47 Å². The first-order chi connectivity index (χ1) is 14.0. The van der Waals surface area contributed by atoms with E-state index in [1.165, 1.54) is 24.5 Å². The highest BCUT2D eigenvalue weighted by Crippen LogP contribution is 2.32. The molecule has 0 radical (unpaired) electrons. The fraction of sp³-hybridized carbons (Fsp3) is 0.143. The summed E-state index contributed by atoms with van der Waals surface area (Å²) < 4.78 is 12.6. The lowest BCUT2D eigenvalue weighted by molar-refractivity contribution is 0.0731. The van der Waals surface area contributed by atoms with Gasteiger partial charge in [0.25, 0.3) is 0 Å². The number of carbonyl (C=O) groups is 1. The van der Waals surface area contributed by atoms with Crippen molar-refractivity contribution in [1.29, 1.82) is 5.26 Å². The number of pyridine rings is 1. The maximum atomic E-state index is 13.1. The molecule has 29 heavy (non-hydrogen) atoms. The first-order valence-corrected chi connectivity index (χ1v) is 9.58. The standard InChI is InChI=1S/C21H16N4O3S/c1-12-19-14(21(26)28-16-7-6-13(11-22)9-17(16)27-3)10-15(18-5-4-8-29-18)23-20(19)25(2)24-12/h4-10H,1-3H3. The summed E-state index contributed by atoms with van der Waals surface area (Å²) in [5.41, 5.74) is 2.75. The Kier molecular flexibility index (Phi) is 4.74. The number of fused-ring (bicyclic) bond motifs is 1. The van der Waals surface area contributed by atoms with Crippen molar-refractivity contribution >= 4 is 28.3 Å². The lowest BCUT2D eigenvalue weighted by atomic mass is 10.1. The highest BCUT2D eigenvalue weighted by atomic mass is 32.1. The van der Waals surface area contributed by atoms with Gasteiger partial charge in [-0.05, 0) is 36.6 Å². The average molecular weight is 404 g/mol. The summed E-state index contributed by atoms with van der Waals surface area (Å²) in [6.45, 7) is 1.83. The molecule has 0 N–H and O–H groups in total. The van der Waals surface area contributed by atoms with E-state index in [1.54, 1.807) is 29.9 Å². The van der Waals surface area contributed by atoms with E-state index in [2.05, 4.69) is 10.1 Å². The van der Waals surface area contributed by atoms with Crippen molar-refractivity contribution in [3.05, 3.63) is 58.6 Å². The number of nitriles is 1. The van der Waals surface area contributed by atoms with Crippen LogP contribution in [-0.4, -0.2) is 27.8 Å². The van der Waals surface area contributed by atoms with Gasteiger partial charge in [-0.3, -0.25) is 4.68 Å². The number of nitrogens with zero attached hydrogens (tertiary/aromatic N) is 4. The Hall–Kier alpha value is -3.70. The van der Waals surface area contributed by atoms with E-state index >= 15 is 0 Å². The van der Waals surface area contributed by atoms with Gasteiger partial charge in [0.05, 0.1) is 46.0 Å². The normalized spacial score (nSPS) is 10.7. The fourth-order valence-corrected chi connectivity index (χ4v) is 3.82. The van der Waals surface area contributed by atoms with Crippen LogP contribution in [0.5, 0.6) is 11.5 Å². The first-order valence-electron chi connectivity index (χ1n) is 8.70. The number of aryl methyl sites for hydroxylation is 2. The Bertz CT molecular complexity index is 1270. The van der Waals surface area contributed by atoms with Crippen molar-refractivity contribution < 1.29 is 14.3 Å². The Morgan fingerprint density at radius 1 is 1.24 bits per heavy atom. The van der Waals surface area contributed by atoms with Crippen molar-refractivity contribution in [3.63, 3.8) is 0 Å². The van der Waals surface area contributed by atoms with Crippen LogP contribution in [0.3, 0.4) is 0 Å². The Morgan fingerprint density at radius 3 is 2.76 bits per heavy atom. The summed E-state index contributed by atoms with van der Waals surface area (Å²) in [7, 11) is 3.25. The molecule has 0 saturated heterocycles. The summed E-state index contributed by atoms with van der Waals surface area (Å²) in [5.74, 6) is -0.000850. The summed E-state index contributed by atoms with van der Waals surface area (Å²) in [5, 5.41) is 16.1. The molecule has 0 atom stereocenters. The molecule has 0 aliphatic heterocycles. The highest BCUT2D eigenvalue weighted by Gasteiger charge is 2.22. The monoisotopic (exact) mass is 404 g/mol. The van der Waals surface area contributed by atoms with Gasteiger partial charge < -0.3 is 9.47 Å². The molecule has 4 aromatic rings. The molecule has 144 valence electrons. The van der Waals surface area contributed by atoms with E-state index in [-0.39, 0.29) is 5.75 Å². The topological polar surface area (TPSA) is 90.0 Å². The van der Waals surface area contributed by atoms with Crippen LogP contribution in [0.15, 0.2) is 41.8 Å². The molecule has 0 spiro atoms. The van der Waals surface area contributed by atoms with Gasteiger partial charge in [0.1, 0.15) is 0 Å². The van der Waals surface area contributed by atoms with E-state index in [1.807, 2.05) is 30.5 Å². The van der Waals surface area contributed by atoms with E-state index in [0.29, 0.717) is 39.3 Å². The van der Waals surface area contributed by atoms with Crippen molar-refractivity contribution in [2.24, 2.45) is 7.05 Å². The average Bonchev–Trinajstić information content (AvgIpc) is 3.36. The van der Waals surface area contributed by atoms with Gasteiger partial charge >= 0.3 is 5.97 Å². The SMILES string of the molecule is COc1cc(C#N)ccc1OC(=O)c1cc(-c2cccs2)nc2c1c(C)nn2C. The maximum absolute atomic E-state index is 13.1. The van der Waals surface area contributed by atoms with Crippen LogP contribution in [0.2, 0.25) is 0 Å². The zero-order chi connectivity index (χ0) is 20.5. The predicted octanol–water partition coefficient (Wildman–Crippen LogP) is 4.10. The number of benzene rings is 1. The largest absolute Gasteiger partial charge is 0.493 e. The number of hydrogen-bond acceptors (Lipinski definition) is 7. The second-order valence-electron chi connectivity index (χ2n) is 6.31. The fourth-order valence-electron chi connectivity index (χ4n) is 3.13. The molecule has 3 aromatic heterocycles. The minimum absolute atomic E-state index is 0.237. The third-order valence-corrected chi connectivity index (χ3v) is 5.35. The highest BCUT2D eigenvalue weighted by molar-refractivity contribution is 7.13. The number of ether oxygens (including phenoxy) is 2. The van der Waals surface area contributed by atoms with Crippen molar-refractivity contribution in [2.75, 3.05) is 7.11 Å². The third-order valence-electron chi connectivity index (χ3n) is 4.46. The number of methoxy groups -OCH3 is 1. The number of carbonyl (C=O) groups excluding carboxylic acids is 1. The third kappa shape index (κ3) is 3.32. The second kappa shape index (κ2) is 7.37. The molecule has 1 aromatic carbocycles. The first kappa shape index (κ1) is 18.7. The molecule has 0 saturated carbocycles. The molecule has 0 unspecified atom stereocenters. The zero-order valence-electron chi connectivity index (χ0n) is 16.0. The van der Waals surface area contributed by atoms with Crippen molar-refractivity contribution in [2.45, 2.75) is 6.92 Å². The van der Waals surface area contributed by atoms with Gasteiger partial charge in [0.15, 0.2) is 17.1 Å². The molecule has 8 heteroatoms. The molecular formula is C21H16N4O3S. The Labute approximate surface area is 170 Å².